The van der Waals surface area contributed by atoms with E-state index in [1.54, 1.807) is 30.5 Å². The summed E-state index contributed by atoms with van der Waals surface area (Å²) in [6, 6.07) is 11.2. The first-order valence-corrected chi connectivity index (χ1v) is 8.28. The maximum absolute atomic E-state index is 12.3. The van der Waals surface area contributed by atoms with E-state index in [0.29, 0.717) is 22.3 Å². The van der Waals surface area contributed by atoms with Gasteiger partial charge in [-0.1, -0.05) is 11.6 Å². The van der Waals surface area contributed by atoms with E-state index in [4.69, 9.17) is 21.6 Å². The zero-order valence-corrected chi connectivity index (χ0v) is 14.9. The first-order chi connectivity index (χ1) is 13.0. The highest BCUT2D eigenvalue weighted by atomic mass is 35.5. The molecular weight excluding hydrogens is 368 g/mol. The molecule has 2 aromatic carbocycles. The van der Waals surface area contributed by atoms with Crippen LogP contribution < -0.4 is 5.32 Å². The van der Waals surface area contributed by atoms with Gasteiger partial charge >= 0.3 is 5.97 Å². The van der Waals surface area contributed by atoms with E-state index in [0.717, 1.165) is 0 Å². The SMILES string of the molecule is C[C@@H](OC(=O)c1ccc2nccnc2c1)C(=O)Nc1ccc(C#N)c(Cl)c1. The van der Waals surface area contributed by atoms with Crippen LogP contribution in [0, 0.1) is 11.3 Å². The standard InChI is InChI=1S/C19H13ClN4O3/c1-11(18(25)24-14-4-2-13(10-21)15(20)9-14)27-19(26)12-3-5-16-17(8-12)23-7-6-22-16/h2-9,11H,1H3,(H,24,25)/t11-/m1/s1. The van der Waals surface area contributed by atoms with Crippen molar-refractivity contribution in [2.24, 2.45) is 0 Å². The van der Waals surface area contributed by atoms with Crippen LogP contribution in [0.5, 0.6) is 0 Å². The molecule has 8 heteroatoms. The van der Waals surface area contributed by atoms with Crippen molar-refractivity contribution in [2.75, 3.05) is 5.32 Å². The number of hydrogen-bond donors (Lipinski definition) is 1. The average molecular weight is 381 g/mol. The second-order valence-corrected chi connectivity index (χ2v) is 6.01. The fraction of sp³-hybridized carbons (Fsp3) is 0.105. The molecule has 1 atom stereocenters. The Morgan fingerprint density at radius 2 is 1.89 bits per heavy atom. The number of nitriles is 1. The molecule has 0 saturated carbocycles. The quantitative estimate of drug-likeness (QED) is 0.696. The number of carbonyl (C=O) groups is 2. The normalized spacial score (nSPS) is 11.4. The highest BCUT2D eigenvalue weighted by molar-refractivity contribution is 6.32. The van der Waals surface area contributed by atoms with Gasteiger partial charge in [0.2, 0.25) is 0 Å². The summed E-state index contributed by atoms with van der Waals surface area (Å²) in [6.45, 7) is 1.46. The third kappa shape index (κ3) is 4.19. The smallest absolute Gasteiger partial charge is 0.338 e. The summed E-state index contributed by atoms with van der Waals surface area (Å²) in [6.07, 6.45) is 2.04. The molecule has 0 unspecified atom stereocenters. The number of anilines is 1. The van der Waals surface area contributed by atoms with Gasteiger partial charge in [-0.05, 0) is 43.3 Å². The largest absolute Gasteiger partial charge is 0.449 e. The molecule has 7 nitrogen and oxygen atoms in total. The van der Waals surface area contributed by atoms with Crippen molar-refractivity contribution in [3.8, 4) is 6.07 Å². The summed E-state index contributed by atoms with van der Waals surface area (Å²) in [7, 11) is 0. The van der Waals surface area contributed by atoms with Gasteiger partial charge in [-0.2, -0.15) is 5.26 Å². The van der Waals surface area contributed by atoms with Crippen LogP contribution in [0.1, 0.15) is 22.8 Å². The molecule has 1 heterocycles. The number of amides is 1. The Labute approximate surface area is 159 Å². The third-order valence-electron chi connectivity index (χ3n) is 3.72. The Kier molecular flexibility index (Phi) is 5.29. The van der Waals surface area contributed by atoms with Crippen LogP contribution >= 0.6 is 11.6 Å². The van der Waals surface area contributed by atoms with Crippen molar-refractivity contribution in [2.45, 2.75) is 13.0 Å². The number of rotatable bonds is 4. The average Bonchev–Trinajstić information content (AvgIpc) is 2.67. The lowest BCUT2D eigenvalue weighted by atomic mass is 10.2. The van der Waals surface area contributed by atoms with Crippen molar-refractivity contribution in [3.63, 3.8) is 0 Å². The predicted octanol–water partition coefficient (Wildman–Crippen LogP) is 3.34. The zero-order chi connectivity index (χ0) is 19.4. The minimum absolute atomic E-state index is 0.220. The third-order valence-corrected chi connectivity index (χ3v) is 4.03. The summed E-state index contributed by atoms with van der Waals surface area (Å²) in [5, 5.41) is 11.7. The van der Waals surface area contributed by atoms with Gasteiger partial charge in [-0.3, -0.25) is 14.8 Å². The molecule has 3 aromatic rings. The molecule has 27 heavy (non-hydrogen) atoms. The number of aromatic nitrogens is 2. The van der Waals surface area contributed by atoms with Crippen LogP contribution in [0.25, 0.3) is 11.0 Å². The van der Waals surface area contributed by atoms with Gasteiger partial charge in [0, 0.05) is 18.1 Å². The van der Waals surface area contributed by atoms with Crippen LogP contribution in [0.2, 0.25) is 5.02 Å². The highest BCUT2D eigenvalue weighted by Crippen LogP contribution is 2.20. The van der Waals surface area contributed by atoms with Crippen molar-refractivity contribution >= 4 is 40.2 Å². The Balaban J connectivity index is 1.67. The number of hydrogen-bond acceptors (Lipinski definition) is 6. The second-order valence-electron chi connectivity index (χ2n) is 5.60. The van der Waals surface area contributed by atoms with E-state index in [1.165, 1.54) is 25.3 Å². The Morgan fingerprint density at radius 1 is 1.15 bits per heavy atom. The fourth-order valence-corrected chi connectivity index (χ4v) is 2.52. The van der Waals surface area contributed by atoms with E-state index < -0.39 is 18.0 Å². The van der Waals surface area contributed by atoms with E-state index in [9.17, 15) is 9.59 Å². The lowest BCUT2D eigenvalue weighted by molar-refractivity contribution is -0.123. The second kappa shape index (κ2) is 7.81. The first kappa shape index (κ1) is 18.3. The minimum atomic E-state index is -1.04. The maximum Gasteiger partial charge on any atom is 0.338 e. The van der Waals surface area contributed by atoms with Crippen LogP contribution in [-0.2, 0) is 9.53 Å². The van der Waals surface area contributed by atoms with Gasteiger partial charge < -0.3 is 10.1 Å². The van der Waals surface area contributed by atoms with Gasteiger partial charge in [-0.25, -0.2) is 4.79 Å². The Bertz CT molecular complexity index is 1080. The van der Waals surface area contributed by atoms with Gasteiger partial charge in [0.1, 0.15) is 6.07 Å². The lowest BCUT2D eigenvalue weighted by Gasteiger charge is -2.14. The molecular formula is C19H13ClN4O3. The molecule has 0 aliphatic carbocycles. The number of benzene rings is 2. The molecule has 1 amide bonds. The van der Waals surface area contributed by atoms with Crippen molar-refractivity contribution in [1.82, 2.24) is 9.97 Å². The van der Waals surface area contributed by atoms with Crippen molar-refractivity contribution < 1.29 is 14.3 Å². The summed E-state index contributed by atoms with van der Waals surface area (Å²) in [5.74, 6) is -1.17. The summed E-state index contributed by atoms with van der Waals surface area (Å²) in [5.41, 5.74) is 2.17. The van der Waals surface area contributed by atoms with E-state index >= 15 is 0 Å². The number of carbonyl (C=O) groups excluding carboxylic acids is 2. The summed E-state index contributed by atoms with van der Waals surface area (Å²) < 4.78 is 5.21. The summed E-state index contributed by atoms with van der Waals surface area (Å²) in [4.78, 5) is 32.8. The van der Waals surface area contributed by atoms with Gasteiger partial charge in [0.15, 0.2) is 6.10 Å². The molecule has 0 aliphatic rings. The first-order valence-electron chi connectivity index (χ1n) is 7.90. The fourth-order valence-electron chi connectivity index (χ4n) is 2.30. The Hall–Kier alpha value is -3.50. The molecule has 1 N–H and O–H groups in total. The lowest BCUT2D eigenvalue weighted by Crippen LogP contribution is -2.30. The molecule has 0 aliphatic heterocycles. The highest BCUT2D eigenvalue weighted by Gasteiger charge is 2.19. The van der Waals surface area contributed by atoms with Crippen LogP contribution in [0.4, 0.5) is 5.69 Å². The van der Waals surface area contributed by atoms with Crippen LogP contribution in [-0.4, -0.2) is 27.9 Å². The Morgan fingerprint density at radius 3 is 2.59 bits per heavy atom. The molecule has 0 radical (unpaired) electrons. The molecule has 0 bridgehead atoms. The maximum atomic E-state index is 12.3. The number of nitrogens with zero attached hydrogens (tertiary/aromatic N) is 3. The van der Waals surface area contributed by atoms with E-state index in [-0.39, 0.29) is 10.6 Å². The van der Waals surface area contributed by atoms with Crippen LogP contribution in [0.15, 0.2) is 48.8 Å². The number of esters is 1. The van der Waals surface area contributed by atoms with Crippen molar-refractivity contribution in [1.29, 1.82) is 5.26 Å². The number of fused-ring (bicyclic) bond motifs is 1. The van der Waals surface area contributed by atoms with Gasteiger partial charge in [0.05, 0.1) is 27.2 Å². The molecule has 0 saturated heterocycles. The predicted molar refractivity (Wildman–Crippen MR) is 99.2 cm³/mol. The van der Waals surface area contributed by atoms with E-state index in [1.807, 2.05) is 6.07 Å². The zero-order valence-electron chi connectivity index (χ0n) is 14.1. The number of halogens is 1. The summed E-state index contributed by atoms with van der Waals surface area (Å²) >= 11 is 5.93. The molecule has 134 valence electrons. The van der Waals surface area contributed by atoms with Gasteiger partial charge in [-0.15, -0.1) is 0 Å². The molecule has 0 fully saturated rings. The minimum Gasteiger partial charge on any atom is -0.449 e. The topological polar surface area (TPSA) is 105 Å². The van der Waals surface area contributed by atoms with E-state index in [2.05, 4.69) is 15.3 Å². The molecule has 0 spiro atoms. The number of nitrogens with one attached hydrogen (secondary N) is 1. The van der Waals surface area contributed by atoms with Crippen molar-refractivity contribution in [3.05, 3.63) is 64.9 Å². The molecule has 1 aromatic heterocycles. The van der Waals surface area contributed by atoms with Crippen LogP contribution in [0.3, 0.4) is 0 Å². The monoisotopic (exact) mass is 380 g/mol. The molecule has 3 rings (SSSR count). The number of ether oxygens (including phenoxy) is 1. The van der Waals surface area contributed by atoms with Gasteiger partial charge in [0.25, 0.3) is 5.91 Å².